The second-order valence-corrected chi connectivity index (χ2v) is 4.27. The fraction of sp³-hybridized carbons (Fsp3) is 0.0667. The molecule has 0 atom stereocenters. The Bertz CT molecular complexity index is 832. The molecular formula is C15H10N2O7. The second-order valence-electron chi connectivity index (χ2n) is 4.27. The highest BCUT2D eigenvalue weighted by Gasteiger charge is 2.25. The molecule has 0 aliphatic rings. The molecular weight excluding hydrogens is 320 g/mol. The number of ether oxygens (including phenoxy) is 2. The first kappa shape index (κ1) is 16.7. The first-order valence-electron chi connectivity index (χ1n) is 6.44. The molecule has 2 aromatic rings. The number of rotatable bonds is 4. The van der Waals surface area contributed by atoms with Gasteiger partial charge in [-0.2, -0.15) is 0 Å². The van der Waals surface area contributed by atoms with Crippen LogP contribution < -0.4 is 0 Å². The van der Waals surface area contributed by atoms with Gasteiger partial charge in [-0.1, -0.05) is 0 Å². The molecule has 0 radical (unpaired) electrons. The summed E-state index contributed by atoms with van der Waals surface area (Å²) in [5.74, 6) is -4.74. The number of hydrogen-bond donors (Lipinski definition) is 1. The van der Waals surface area contributed by atoms with Crippen molar-refractivity contribution in [2.45, 2.75) is 0 Å². The number of carbonyl (C=O) groups excluding carboxylic acids is 3. The molecule has 0 spiro atoms. The summed E-state index contributed by atoms with van der Waals surface area (Å²) in [6.45, 7) is 0. The van der Waals surface area contributed by atoms with Gasteiger partial charge in [0.25, 0.3) is 0 Å². The van der Waals surface area contributed by atoms with E-state index in [0.29, 0.717) is 0 Å². The fourth-order valence-corrected chi connectivity index (χ4v) is 1.76. The molecule has 0 saturated carbocycles. The molecule has 0 unspecified atom stereocenters. The van der Waals surface area contributed by atoms with Crippen molar-refractivity contribution in [3.8, 4) is 0 Å². The van der Waals surface area contributed by atoms with Gasteiger partial charge in [-0.05, 0) is 24.3 Å². The summed E-state index contributed by atoms with van der Waals surface area (Å²) in [6.07, 6.45) is 2.43. The largest absolute Gasteiger partial charge is 0.478 e. The van der Waals surface area contributed by atoms with E-state index in [-0.39, 0.29) is 11.3 Å². The Morgan fingerprint density at radius 3 is 1.96 bits per heavy atom. The van der Waals surface area contributed by atoms with Gasteiger partial charge in [0.05, 0.1) is 18.2 Å². The van der Waals surface area contributed by atoms with Crippen molar-refractivity contribution >= 4 is 23.9 Å². The molecule has 2 aromatic heterocycles. The molecule has 9 heteroatoms. The molecule has 9 nitrogen and oxygen atoms in total. The van der Waals surface area contributed by atoms with Gasteiger partial charge in [0.15, 0.2) is 11.4 Å². The maximum Gasteiger partial charge on any atom is 0.365 e. The van der Waals surface area contributed by atoms with Crippen molar-refractivity contribution in [2.24, 2.45) is 0 Å². The molecule has 0 saturated heterocycles. The van der Waals surface area contributed by atoms with Crippen molar-refractivity contribution in [3.05, 3.63) is 59.2 Å². The minimum Gasteiger partial charge on any atom is -0.478 e. The van der Waals surface area contributed by atoms with E-state index in [0.717, 1.165) is 13.2 Å². The van der Waals surface area contributed by atoms with Crippen LogP contribution in [0.4, 0.5) is 0 Å². The molecule has 0 aliphatic heterocycles. The van der Waals surface area contributed by atoms with Crippen LogP contribution in [0.3, 0.4) is 0 Å². The highest BCUT2D eigenvalue weighted by Crippen LogP contribution is 2.12. The standard InChI is InChI=1S/C15H10N2O7/c1-23-14(21)11-9(5-3-7-17-11)13(20)24-15(22)10-8(12(18)19)4-2-6-16-10/h2-7H,1H3,(H,18,19). The smallest absolute Gasteiger partial charge is 0.365 e. The van der Waals surface area contributed by atoms with E-state index < -0.39 is 35.1 Å². The number of nitrogens with zero attached hydrogens (tertiary/aromatic N) is 2. The zero-order valence-electron chi connectivity index (χ0n) is 12.3. The van der Waals surface area contributed by atoms with Gasteiger partial charge in [0.1, 0.15) is 0 Å². The van der Waals surface area contributed by atoms with Crippen LogP contribution >= 0.6 is 0 Å². The lowest BCUT2D eigenvalue weighted by molar-refractivity contribution is 0.0379. The molecule has 1 N–H and O–H groups in total. The van der Waals surface area contributed by atoms with Crippen molar-refractivity contribution in [1.82, 2.24) is 9.97 Å². The fourth-order valence-electron chi connectivity index (χ4n) is 1.76. The number of carbonyl (C=O) groups is 4. The normalized spacial score (nSPS) is 9.88. The third-order valence-corrected chi connectivity index (χ3v) is 2.82. The summed E-state index contributed by atoms with van der Waals surface area (Å²) < 4.78 is 9.08. The van der Waals surface area contributed by atoms with E-state index in [4.69, 9.17) is 5.11 Å². The summed E-state index contributed by atoms with van der Waals surface area (Å²) in [6, 6.07) is 5.03. The van der Waals surface area contributed by atoms with Gasteiger partial charge in [-0.15, -0.1) is 0 Å². The van der Waals surface area contributed by atoms with E-state index in [2.05, 4.69) is 19.4 Å². The van der Waals surface area contributed by atoms with Crippen molar-refractivity contribution in [1.29, 1.82) is 0 Å². The molecule has 122 valence electrons. The van der Waals surface area contributed by atoms with Gasteiger partial charge in [-0.3, -0.25) is 0 Å². The first-order valence-corrected chi connectivity index (χ1v) is 6.44. The molecule has 24 heavy (non-hydrogen) atoms. The van der Waals surface area contributed by atoms with E-state index in [1.165, 1.54) is 30.6 Å². The summed E-state index contributed by atoms with van der Waals surface area (Å²) in [7, 11) is 1.10. The van der Waals surface area contributed by atoms with Crippen molar-refractivity contribution < 1.29 is 33.8 Å². The molecule has 2 rings (SSSR count). The first-order chi connectivity index (χ1) is 11.5. The van der Waals surface area contributed by atoms with Crippen LogP contribution in [0, 0.1) is 0 Å². The van der Waals surface area contributed by atoms with E-state index in [9.17, 15) is 19.2 Å². The van der Waals surface area contributed by atoms with Gasteiger partial charge in [0, 0.05) is 12.4 Å². The summed E-state index contributed by atoms with van der Waals surface area (Å²) >= 11 is 0. The Labute approximate surface area is 134 Å². The predicted molar refractivity (Wildman–Crippen MR) is 76.5 cm³/mol. The number of carboxylic acid groups (broad SMARTS) is 1. The molecule has 0 amide bonds. The van der Waals surface area contributed by atoms with Crippen LogP contribution in [0.5, 0.6) is 0 Å². The Balaban J connectivity index is 2.30. The van der Waals surface area contributed by atoms with Gasteiger partial charge < -0.3 is 14.6 Å². The zero-order chi connectivity index (χ0) is 17.7. The second kappa shape index (κ2) is 7.09. The topological polar surface area (TPSA) is 133 Å². The number of hydrogen-bond acceptors (Lipinski definition) is 8. The van der Waals surface area contributed by atoms with E-state index in [1.54, 1.807) is 0 Å². The minimum absolute atomic E-state index is 0.300. The number of carboxylic acids is 1. The summed E-state index contributed by atoms with van der Waals surface area (Å²) in [5, 5.41) is 9.01. The maximum absolute atomic E-state index is 12.1. The highest BCUT2D eigenvalue weighted by molar-refractivity contribution is 6.09. The maximum atomic E-state index is 12.1. The van der Waals surface area contributed by atoms with Gasteiger partial charge in [-0.25, -0.2) is 29.1 Å². The monoisotopic (exact) mass is 330 g/mol. The number of aromatic carboxylic acids is 1. The average Bonchev–Trinajstić information content (AvgIpc) is 2.60. The lowest BCUT2D eigenvalue weighted by Gasteiger charge is -2.07. The van der Waals surface area contributed by atoms with Crippen LogP contribution in [0.1, 0.15) is 41.7 Å². The Morgan fingerprint density at radius 2 is 1.42 bits per heavy atom. The van der Waals surface area contributed by atoms with Crippen LogP contribution in [0.15, 0.2) is 36.7 Å². The molecule has 0 bridgehead atoms. The van der Waals surface area contributed by atoms with E-state index >= 15 is 0 Å². The van der Waals surface area contributed by atoms with Gasteiger partial charge in [0.2, 0.25) is 0 Å². The number of esters is 3. The number of methoxy groups -OCH3 is 1. The lowest BCUT2D eigenvalue weighted by atomic mass is 10.2. The van der Waals surface area contributed by atoms with E-state index in [1.807, 2.05) is 0 Å². The highest BCUT2D eigenvalue weighted by atomic mass is 16.6. The third kappa shape index (κ3) is 3.40. The lowest BCUT2D eigenvalue weighted by Crippen LogP contribution is -2.20. The minimum atomic E-state index is -1.40. The van der Waals surface area contributed by atoms with Crippen molar-refractivity contribution in [3.63, 3.8) is 0 Å². The average molecular weight is 330 g/mol. The van der Waals surface area contributed by atoms with Crippen LogP contribution in [-0.4, -0.2) is 46.1 Å². The molecule has 0 fully saturated rings. The van der Waals surface area contributed by atoms with Crippen LogP contribution in [0.2, 0.25) is 0 Å². The predicted octanol–water partition coefficient (Wildman–Crippen LogP) is 0.959. The Hall–Kier alpha value is -3.62. The third-order valence-electron chi connectivity index (χ3n) is 2.82. The van der Waals surface area contributed by atoms with Gasteiger partial charge >= 0.3 is 23.9 Å². The van der Waals surface area contributed by atoms with Crippen LogP contribution in [0.25, 0.3) is 0 Å². The zero-order valence-corrected chi connectivity index (χ0v) is 12.3. The molecule has 0 aromatic carbocycles. The Morgan fingerprint density at radius 1 is 0.875 bits per heavy atom. The molecule has 0 aliphatic carbocycles. The SMILES string of the molecule is COC(=O)c1ncccc1C(=O)OC(=O)c1ncccc1C(=O)O. The number of aromatic nitrogens is 2. The summed E-state index contributed by atoms with van der Waals surface area (Å²) in [5.41, 5.74) is -1.60. The Kier molecular flexibility index (Phi) is 4.95. The quantitative estimate of drug-likeness (QED) is 0.642. The van der Waals surface area contributed by atoms with Crippen molar-refractivity contribution in [2.75, 3.05) is 7.11 Å². The number of pyridine rings is 2. The van der Waals surface area contributed by atoms with Crippen LogP contribution in [-0.2, 0) is 9.47 Å². The summed E-state index contributed by atoms with van der Waals surface area (Å²) in [4.78, 5) is 54.0. The molecule has 2 heterocycles.